The molecule has 114 valence electrons. The first-order chi connectivity index (χ1) is 10.3. The van der Waals surface area contributed by atoms with Crippen molar-refractivity contribution in [1.29, 1.82) is 5.26 Å². The third-order valence-corrected chi connectivity index (χ3v) is 3.94. The van der Waals surface area contributed by atoms with E-state index in [9.17, 15) is 0 Å². The van der Waals surface area contributed by atoms with Crippen molar-refractivity contribution in [2.24, 2.45) is 0 Å². The van der Waals surface area contributed by atoms with Crippen molar-refractivity contribution >= 4 is 0 Å². The van der Waals surface area contributed by atoms with E-state index in [1.807, 2.05) is 18.2 Å². The molecule has 0 unspecified atom stereocenters. The van der Waals surface area contributed by atoms with E-state index in [2.05, 4.69) is 52.8 Å². The van der Waals surface area contributed by atoms with Gasteiger partial charge in [0.2, 0.25) is 0 Å². The highest BCUT2D eigenvalue weighted by molar-refractivity contribution is 5.44. The Labute approximate surface area is 133 Å². The van der Waals surface area contributed by atoms with Gasteiger partial charge in [-0.25, -0.2) is 0 Å². The maximum Gasteiger partial charge on any atom is 0.123 e. The van der Waals surface area contributed by atoms with Crippen LogP contribution in [0.15, 0.2) is 36.4 Å². The second-order valence-corrected chi connectivity index (χ2v) is 6.77. The first-order valence-corrected chi connectivity index (χ1v) is 7.55. The van der Waals surface area contributed by atoms with Gasteiger partial charge in [0, 0.05) is 0 Å². The van der Waals surface area contributed by atoms with Crippen LogP contribution < -0.4 is 4.74 Å². The molecule has 22 heavy (non-hydrogen) atoms. The summed E-state index contributed by atoms with van der Waals surface area (Å²) >= 11 is 0. The summed E-state index contributed by atoms with van der Waals surface area (Å²) in [5.41, 5.74) is 5.46. The van der Waals surface area contributed by atoms with E-state index in [1.165, 1.54) is 16.7 Å². The van der Waals surface area contributed by atoms with Crippen LogP contribution in [0.25, 0.3) is 0 Å². The van der Waals surface area contributed by atoms with E-state index in [1.54, 1.807) is 6.07 Å². The zero-order valence-electron chi connectivity index (χ0n) is 14.0. The number of rotatable bonds is 3. The molecule has 0 heterocycles. The first-order valence-electron chi connectivity index (χ1n) is 7.55. The number of aryl methyl sites for hydroxylation is 1. The van der Waals surface area contributed by atoms with Gasteiger partial charge < -0.3 is 4.74 Å². The lowest BCUT2D eigenvalue weighted by molar-refractivity contribution is 0.303. The maximum atomic E-state index is 8.96. The summed E-state index contributed by atoms with van der Waals surface area (Å²) in [4.78, 5) is 0. The molecule has 0 bridgehead atoms. The van der Waals surface area contributed by atoms with E-state index >= 15 is 0 Å². The minimum Gasteiger partial charge on any atom is -0.489 e. The Morgan fingerprint density at radius 1 is 1.09 bits per heavy atom. The SMILES string of the molecule is Cc1cc(C(C)(C)C)cc(OCc2cccc(C#N)c2)c1C. The largest absolute Gasteiger partial charge is 0.489 e. The van der Waals surface area contributed by atoms with Crippen LogP contribution >= 0.6 is 0 Å². The van der Waals surface area contributed by atoms with Crippen molar-refractivity contribution in [2.45, 2.75) is 46.6 Å². The van der Waals surface area contributed by atoms with Crippen molar-refractivity contribution in [1.82, 2.24) is 0 Å². The Balaban J connectivity index is 2.26. The van der Waals surface area contributed by atoms with Gasteiger partial charge in [-0.2, -0.15) is 5.26 Å². The van der Waals surface area contributed by atoms with Gasteiger partial charge in [-0.1, -0.05) is 39.0 Å². The summed E-state index contributed by atoms with van der Waals surface area (Å²) in [6.07, 6.45) is 0. The summed E-state index contributed by atoms with van der Waals surface area (Å²) in [7, 11) is 0. The molecule has 2 aromatic carbocycles. The predicted molar refractivity (Wildman–Crippen MR) is 90.1 cm³/mol. The van der Waals surface area contributed by atoms with Gasteiger partial charge in [0.05, 0.1) is 11.6 Å². The first kappa shape index (κ1) is 16.1. The topological polar surface area (TPSA) is 33.0 Å². The average Bonchev–Trinajstić information content (AvgIpc) is 2.47. The molecule has 2 rings (SSSR count). The van der Waals surface area contributed by atoms with Crippen molar-refractivity contribution in [3.63, 3.8) is 0 Å². The number of hydrogen-bond donors (Lipinski definition) is 0. The molecule has 0 spiro atoms. The molecule has 0 aliphatic heterocycles. The van der Waals surface area contributed by atoms with Crippen LogP contribution in [0.2, 0.25) is 0 Å². The average molecular weight is 293 g/mol. The van der Waals surface area contributed by atoms with Crippen molar-refractivity contribution < 1.29 is 4.74 Å². The van der Waals surface area contributed by atoms with Crippen molar-refractivity contribution in [3.8, 4) is 11.8 Å². The molecule has 0 N–H and O–H groups in total. The van der Waals surface area contributed by atoms with E-state index in [4.69, 9.17) is 10.00 Å². The fourth-order valence-electron chi connectivity index (χ4n) is 2.30. The molecule has 0 amide bonds. The Kier molecular flexibility index (Phi) is 4.56. The van der Waals surface area contributed by atoms with E-state index < -0.39 is 0 Å². The Bertz CT molecular complexity index is 717. The molecule has 2 heteroatoms. The third-order valence-electron chi connectivity index (χ3n) is 3.94. The van der Waals surface area contributed by atoms with Crippen LogP contribution in [0.3, 0.4) is 0 Å². The van der Waals surface area contributed by atoms with Crippen LogP contribution in [-0.2, 0) is 12.0 Å². The van der Waals surface area contributed by atoms with E-state index in [-0.39, 0.29) is 5.41 Å². The predicted octanol–water partition coefficient (Wildman–Crippen LogP) is 5.05. The Hall–Kier alpha value is -2.27. The second kappa shape index (κ2) is 6.23. The molecule has 0 atom stereocenters. The molecule has 0 radical (unpaired) electrons. The minimum atomic E-state index is 0.0945. The van der Waals surface area contributed by atoms with Crippen LogP contribution in [-0.4, -0.2) is 0 Å². The fourth-order valence-corrected chi connectivity index (χ4v) is 2.30. The zero-order chi connectivity index (χ0) is 16.3. The summed E-state index contributed by atoms with van der Waals surface area (Å²) in [6, 6.07) is 14.1. The van der Waals surface area contributed by atoms with Gasteiger partial charge in [0.1, 0.15) is 12.4 Å². The van der Waals surface area contributed by atoms with Crippen molar-refractivity contribution in [2.75, 3.05) is 0 Å². The molecular formula is C20H23NO. The lowest BCUT2D eigenvalue weighted by Gasteiger charge is -2.22. The molecular weight excluding hydrogens is 270 g/mol. The number of hydrogen-bond acceptors (Lipinski definition) is 2. The third kappa shape index (κ3) is 3.68. The van der Waals surface area contributed by atoms with E-state index in [0.717, 1.165) is 11.3 Å². The standard InChI is InChI=1S/C20H23NO/c1-14-9-18(20(3,4)5)11-19(15(14)2)22-13-17-8-6-7-16(10-17)12-21/h6-11H,13H2,1-5H3. The molecule has 0 aromatic heterocycles. The normalized spacial score (nSPS) is 11.1. The lowest BCUT2D eigenvalue weighted by Crippen LogP contribution is -2.12. The molecule has 2 aromatic rings. The van der Waals surface area contributed by atoms with Crippen LogP contribution in [0.1, 0.15) is 48.6 Å². The van der Waals surface area contributed by atoms with E-state index in [0.29, 0.717) is 12.2 Å². The van der Waals surface area contributed by atoms with Crippen molar-refractivity contribution in [3.05, 3.63) is 64.2 Å². The maximum absolute atomic E-state index is 8.96. The summed E-state index contributed by atoms with van der Waals surface area (Å²) < 4.78 is 6.03. The smallest absolute Gasteiger partial charge is 0.123 e. The molecule has 2 nitrogen and oxygen atoms in total. The molecule has 0 saturated carbocycles. The number of nitrogens with zero attached hydrogens (tertiary/aromatic N) is 1. The summed E-state index contributed by atoms with van der Waals surface area (Å²) in [5.74, 6) is 0.923. The van der Waals surface area contributed by atoms with Crippen LogP contribution in [0, 0.1) is 25.2 Å². The zero-order valence-corrected chi connectivity index (χ0v) is 14.0. The molecule has 0 aliphatic carbocycles. The van der Waals surface area contributed by atoms with Gasteiger partial charge in [0.15, 0.2) is 0 Å². The number of benzene rings is 2. The Morgan fingerprint density at radius 3 is 2.45 bits per heavy atom. The van der Waals surface area contributed by atoms with Crippen LogP contribution in [0.4, 0.5) is 0 Å². The summed E-state index contributed by atoms with van der Waals surface area (Å²) in [5, 5.41) is 8.96. The minimum absolute atomic E-state index is 0.0945. The van der Waals surface area contributed by atoms with Gasteiger partial charge in [0.25, 0.3) is 0 Å². The van der Waals surface area contributed by atoms with Crippen LogP contribution in [0.5, 0.6) is 5.75 Å². The molecule has 0 aliphatic rings. The Morgan fingerprint density at radius 2 is 1.82 bits per heavy atom. The molecule has 0 saturated heterocycles. The lowest BCUT2D eigenvalue weighted by atomic mass is 9.85. The van der Waals surface area contributed by atoms with Gasteiger partial charge in [-0.05, 0) is 59.7 Å². The highest BCUT2D eigenvalue weighted by Gasteiger charge is 2.17. The monoisotopic (exact) mass is 293 g/mol. The van der Waals surface area contributed by atoms with Gasteiger partial charge in [-0.3, -0.25) is 0 Å². The summed E-state index contributed by atoms with van der Waals surface area (Å²) in [6.45, 7) is 11.3. The quantitative estimate of drug-likeness (QED) is 0.793. The molecule has 0 fully saturated rings. The highest BCUT2D eigenvalue weighted by Crippen LogP contribution is 2.31. The highest BCUT2D eigenvalue weighted by atomic mass is 16.5. The fraction of sp³-hybridized carbons (Fsp3) is 0.350. The number of nitriles is 1. The second-order valence-electron chi connectivity index (χ2n) is 6.77. The van der Waals surface area contributed by atoms with Gasteiger partial charge in [-0.15, -0.1) is 0 Å². The number of ether oxygens (including phenoxy) is 1. The van der Waals surface area contributed by atoms with Gasteiger partial charge >= 0.3 is 0 Å².